The molecule has 0 fully saturated rings. The zero-order valence-corrected chi connectivity index (χ0v) is 12.4. The van der Waals surface area contributed by atoms with Crippen LogP contribution in [-0.2, 0) is 19.6 Å². The Bertz CT molecular complexity index is 746. The molecule has 0 bridgehead atoms. The van der Waals surface area contributed by atoms with Crippen LogP contribution in [0.15, 0.2) is 61.2 Å². The molecule has 0 radical (unpaired) electrons. The standard InChI is InChI=1S/C18H18N4/c1-2-8-20-18(3-1)16-6-4-15(5-7-16)12-21-9-10-22-14-19-11-17(22)13-21/h1-8,11,14H,9-10,12-13H2. The van der Waals surface area contributed by atoms with Gasteiger partial charge in [-0.3, -0.25) is 9.88 Å². The molecule has 0 spiro atoms. The van der Waals surface area contributed by atoms with E-state index in [1.807, 2.05) is 36.9 Å². The van der Waals surface area contributed by atoms with Crippen molar-refractivity contribution in [2.75, 3.05) is 6.54 Å². The number of fused-ring (bicyclic) bond motifs is 1. The van der Waals surface area contributed by atoms with Crippen molar-refractivity contribution < 1.29 is 0 Å². The molecule has 0 N–H and O–H groups in total. The fraction of sp³-hybridized carbons (Fsp3) is 0.222. The SMILES string of the molecule is c1ccc(-c2ccc(CN3CCn4cncc4C3)cc2)nc1. The fourth-order valence-electron chi connectivity index (χ4n) is 2.95. The molecule has 1 aliphatic rings. The third kappa shape index (κ3) is 2.65. The summed E-state index contributed by atoms with van der Waals surface area (Å²) in [6.45, 7) is 4.06. The number of nitrogens with zero attached hydrogens (tertiary/aromatic N) is 4. The second-order valence-corrected chi connectivity index (χ2v) is 5.70. The molecule has 0 aliphatic carbocycles. The highest BCUT2D eigenvalue weighted by Gasteiger charge is 2.15. The predicted molar refractivity (Wildman–Crippen MR) is 86.0 cm³/mol. The summed E-state index contributed by atoms with van der Waals surface area (Å²) in [5, 5.41) is 0. The van der Waals surface area contributed by atoms with E-state index in [-0.39, 0.29) is 0 Å². The molecule has 3 heterocycles. The Labute approximate surface area is 130 Å². The van der Waals surface area contributed by atoms with Crippen LogP contribution in [0, 0.1) is 0 Å². The van der Waals surface area contributed by atoms with E-state index in [1.165, 1.54) is 16.8 Å². The first-order chi connectivity index (χ1) is 10.9. The highest BCUT2D eigenvalue weighted by molar-refractivity contribution is 5.58. The predicted octanol–water partition coefficient (Wildman–Crippen LogP) is 2.96. The van der Waals surface area contributed by atoms with E-state index in [4.69, 9.17) is 0 Å². The number of rotatable bonds is 3. The first-order valence-electron chi connectivity index (χ1n) is 7.60. The molecule has 0 saturated heterocycles. The largest absolute Gasteiger partial charge is 0.332 e. The van der Waals surface area contributed by atoms with Crippen molar-refractivity contribution in [2.24, 2.45) is 0 Å². The van der Waals surface area contributed by atoms with Gasteiger partial charge in [0.05, 0.1) is 17.7 Å². The molecule has 1 aromatic carbocycles. The lowest BCUT2D eigenvalue weighted by Gasteiger charge is -2.28. The third-order valence-corrected chi connectivity index (χ3v) is 4.16. The van der Waals surface area contributed by atoms with Crippen LogP contribution in [0.4, 0.5) is 0 Å². The molecule has 3 aromatic rings. The second-order valence-electron chi connectivity index (χ2n) is 5.70. The van der Waals surface area contributed by atoms with Gasteiger partial charge in [0.15, 0.2) is 0 Å². The quantitative estimate of drug-likeness (QED) is 0.743. The number of pyridine rings is 1. The summed E-state index contributed by atoms with van der Waals surface area (Å²) in [5.41, 5.74) is 4.83. The first kappa shape index (κ1) is 13.2. The van der Waals surface area contributed by atoms with Crippen molar-refractivity contribution in [3.63, 3.8) is 0 Å². The Morgan fingerprint density at radius 3 is 2.73 bits per heavy atom. The van der Waals surface area contributed by atoms with Gasteiger partial charge in [-0.15, -0.1) is 0 Å². The van der Waals surface area contributed by atoms with Crippen LogP contribution in [-0.4, -0.2) is 26.0 Å². The van der Waals surface area contributed by atoms with Gasteiger partial charge in [0.25, 0.3) is 0 Å². The molecule has 110 valence electrons. The van der Waals surface area contributed by atoms with Crippen LogP contribution >= 0.6 is 0 Å². The minimum absolute atomic E-state index is 0.974. The van der Waals surface area contributed by atoms with Gasteiger partial charge in [-0.2, -0.15) is 0 Å². The van der Waals surface area contributed by atoms with Crippen molar-refractivity contribution in [3.8, 4) is 11.3 Å². The first-order valence-corrected chi connectivity index (χ1v) is 7.60. The summed E-state index contributed by atoms with van der Waals surface area (Å²) in [6, 6.07) is 14.7. The molecule has 0 atom stereocenters. The van der Waals surface area contributed by atoms with E-state index in [1.54, 1.807) is 0 Å². The molecule has 0 unspecified atom stereocenters. The van der Waals surface area contributed by atoms with Crippen molar-refractivity contribution in [1.29, 1.82) is 0 Å². The van der Waals surface area contributed by atoms with Gasteiger partial charge in [0.2, 0.25) is 0 Å². The van der Waals surface area contributed by atoms with Crippen LogP contribution in [0.5, 0.6) is 0 Å². The van der Waals surface area contributed by atoms with Gasteiger partial charge >= 0.3 is 0 Å². The van der Waals surface area contributed by atoms with E-state index < -0.39 is 0 Å². The van der Waals surface area contributed by atoms with Gasteiger partial charge in [-0.1, -0.05) is 30.3 Å². The fourth-order valence-corrected chi connectivity index (χ4v) is 2.95. The zero-order chi connectivity index (χ0) is 14.8. The molecule has 0 saturated carbocycles. The number of benzene rings is 1. The maximum atomic E-state index is 4.39. The Balaban J connectivity index is 1.46. The van der Waals surface area contributed by atoms with Crippen LogP contribution in [0.25, 0.3) is 11.3 Å². The van der Waals surface area contributed by atoms with Gasteiger partial charge < -0.3 is 4.57 Å². The van der Waals surface area contributed by atoms with Crippen molar-refractivity contribution >= 4 is 0 Å². The topological polar surface area (TPSA) is 34.0 Å². The molecule has 1 aliphatic heterocycles. The molecular formula is C18H18N4. The summed E-state index contributed by atoms with van der Waals surface area (Å²) in [5.74, 6) is 0. The monoisotopic (exact) mass is 290 g/mol. The van der Waals surface area contributed by atoms with Crippen LogP contribution in [0.1, 0.15) is 11.3 Å². The van der Waals surface area contributed by atoms with E-state index in [0.717, 1.165) is 31.9 Å². The molecular weight excluding hydrogens is 272 g/mol. The van der Waals surface area contributed by atoms with Crippen molar-refractivity contribution in [3.05, 3.63) is 72.4 Å². The normalized spacial score (nSPS) is 14.7. The van der Waals surface area contributed by atoms with E-state index >= 15 is 0 Å². The lowest BCUT2D eigenvalue weighted by Crippen LogP contribution is -2.32. The molecule has 2 aromatic heterocycles. The number of hydrogen-bond acceptors (Lipinski definition) is 3. The van der Waals surface area contributed by atoms with Crippen LogP contribution in [0.2, 0.25) is 0 Å². The van der Waals surface area contributed by atoms with E-state index in [0.29, 0.717) is 0 Å². The van der Waals surface area contributed by atoms with Gasteiger partial charge in [-0.05, 0) is 17.7 Å². The summed E-state index contributed by atoms with van der Waals surface area (Å²) in [4.78, 5) is 11.1. The maximum absolute atomic E-state index is 4.39. The molecule has 4 rings (SSSR count). The maximum Gasteiger partial charge on any atom is 0.0949 e. The van der Waals surface area contributed by atoms with Crippen molar-refractivity contribution in [2.45, 2.75) is 19.6 Å². The second kappa shape index (κ2) is 5.73. The van der Waals surface area contributed by atoms with Crippen LogP contribution in [0.3, 0.4) is 0 Å². The lowest BCUT2D eigenvalue weighted by atomic mass is 10.1. The minimum Gasteiger partial charge on any atom is -0.332 e. The summed E-state index contributed by atoms with van der Waals surface area (Å²) < 4.78 is 2.24. The summed E-state index contributed by atoms with van der Waals surface area (Å²) in [6.07, 6.45) is 5.73. The van der Waals surface area contributed by atoms with Crippen molar-refractivity contribution in [1.82, 2.24) is 19.4 Å². The number of imidazole rings is 1. The molecule has 4 heteroatoms. The Morgan fingerprint density at radius 2 is 1.91 bits per heavy atom. The highest BCUT2D eigenvalue weighted by Crippen LogP contribution is 2.19. The zero-order valence-electron chi connectivity index (χ0n) is 12.4. The van der Waals surface area contributed by atoms with Gasteiger partial charge in [0, 0.05) is 44.1 Å². The van der Waals surface area contributed by atoms with Gasteiger partial charge in [0.1, 0.15) is 0 Å². The molecule has 4 nitrogen and oxygen atoms in total. The lowest BCUT2D eigenvalue weighted by molar-refractivity contribution is 0.213. The minimum atomic E-state index is 0.974. The third-order valence-electron chi connectivity index (χ3n) is 4.16. The Morgan fingerprint density at radius 1 is 1.00 bits per heavy atom. The Kier molecular flexibility index (Phi) is 3.45. The average Bonchev–Trinajstić information content (AvgIpc) is 3.04. The van der Waals surface area contributed by atoms with E-state index in [9.17, 15) is 0 Å². The van der Waals surface area contributed by atoms with Gasteiger partial charge in [-0.25, -0.2) is 4.98 Å². The number of hydrogen-bond donors (Lipinski definition) is 0. The van der Waals surface area contributed by atoms with Crippen LogP contribution < -0.4 is 0 Å². The molecule has 0 amide bonds. The highest BCUT2D eigenvalue weighted by atomic mass is 15.2. The Hall–Kier alpha value is -2.46. The summed E-state index contributed by atoms with van der Waals surface area (Å²) >= 11 is 0. The molecule has 22 heavy (non-hydrogen) atoms. The smallest absolute Gasteiger partial charge is 0.0949 e. The van der Waals surface area contributed by atoms with E-state index in [2.05, 4.69) is 43.7 Å². The number of aromatic nitrogens is 3. The average molecular weight is 290 g/mol. The summed E-state index contributed by atoms with van der Waals surface area (Å²) in [7, 11) is 0.